The van der Waals surface area contributed by atoms with Crippen LogP contribution in [0.4, 0.5) is 19.0 Å². The topological polar surface area (TPSA) is 72.7 Å². The highest BCUT2D eigenvalue weighted by molar-refractivity contribution is 5.90. The molecule has 1 unspecified atom stereocenters. The lowest BCUT2D eigenvalue weighted by molar-refractivity contribution is -0.174. The Morgan fingerprint density at radius 2 is 2.00 bits per heavy atom. The Kier molecular flexibility index (Phi) is 4.91. The molecule has 2 heterocycles. The molecule has 24 heavy (non-hydrogen) atoms. The molecule has 1 amide bonds. The van der Waals surface area contributed by atoms with Crippen LogP contribution in [-0.2, 0) is 10.2 Å². The van der Waals surface area contributed by atoms with E-state index in [2.05, 4.69) is 20.4 Å². The van der Waals surface area contributed by atoms with Crippen LogP contribution in [0.2, 0.25) is 0 Å². The van der Waals surface area contributed by atoms with Crippen LogP contribution >= 0.6 is 0 Å². The van der Waals surface area contributed by atoms with Crippen LogP contribution < -0.4 is 5.32 Å². The van der Waals surface area contributed by atoms with Gasteiger partial charge in [-0.3, -0.25) is 9.48 Å². The third kappa shape index (κ3) is 4.53. The number of amides is 1. The number of anilines is 1. The molecule has 0 aliphatic carbocycles. The number of hydrogen-bond donors (Lipinski definition) is 1. The Labute approximate surface area is 137 Å². The van der Waals surface area contributed by atoms with Gasteiger partial charge in [-0.15, -0.1) is 0 Å². The second kappa shape index (κ2) is 6.58. The van der Waals surface area contributed by atoms with E-state index in [1.165, 1.54) is 30.7 Å². The van der Waals surface area contributed by atoms with Crippen LogP contribution in [0, 0.1) is 0 Å². The van der Waals surface area contributed by atoms with Gasteiger partial charge in [-0.05, 0) is 12.1 Å². The maximum absolute atomic E-state index is 13.1. The Hall–Kier alpha value is -2.45. The Balaban J connectivity index is 2.12. The molecule has 0 fully saturated rings. The summed E-state index contributed by atoms with van der Waals surface area (Å²) in [5.74, 6) is -0.146. The van der Waals surface area contributed by atoms with E-state index in [4.69, 9.17) is 0 Å². The first-order valence-electron chi connectivity index (χ1n) is 7.26. The van der Waals surface area contributed by atoms with Crippen molar-refractivity contribution < 1.29 is 18.0 Å². The van der Waals surface area contributed by atoms with Crippen molar-refractivity contribution in [3.63, 3.8) is 0 Å². The van der Waals surface area contributed by atoms with E-state index in [0.717, 1.165) is 4.68 Å². The number of carbonyl (C=O) groups is 1. The number of nitrogens with one attached hydrogen (secondary N) is 1. The second-order valence-corrected chi connectivity index (χ2v) is 6.31. The molecule has 0 saturated carbocycles. The molecule has 0 saturated heterocycles. The number of alkyl halides is 3. The highest BCUT2D eigenvalue weighted by atomic mass is 19.4. The molecule has 0 spiro atoms. The highest BCUT2D eigenvalue weighted by Gasteiger charge is 2.42. The molecule has 0 bridgehead atoms. The average Bonchev–Trinajstić information content (AvgIpc) is 2.96. The summed E-state index contributed by atoms with van der Waals surface area (Å²) in [5.41, 5.74) is -0.343. The summed E-state index contributed by atoms with van der Waals surface area (Å²) in [6.07, 6.45) is -1.52. The van der Waals surface area contributed by atoms with Crippen molar-refractivity contribution in [3.8, 4) is 0 Å². The summed E-state index contributed by atoms with van der Waals surface area (Å²) in [6, 6.07) is 0.775. The predicted molar refractivity (Wildman–Crippen MR) is 81.3 cm³/mol. The van der Waals surface area contributed by atoms with Gasteiger partial charge in [-0.1, -0.05) is 20.8 Å². The summed E-state index contributed by atoms with van der Waals surface area (Å²) in [7, 11) is 0. The Bertz CT molecular complexity index is 692. The Morgan fingerprint density at radius 1 is 1.29 bits per heavy atom. The standard InChI is InChI=1S/C15H18F3N5O/c1-14(2,3)13-19-7-5-11(22-13)21-12(24)9-10(15(16,17)18)23-8-4-6-20-23/h4-8,10H,9H2,1-3H3,(H,19,21,22,24). The normalized spacial score (nSPS) is 13.6. The van der Waals surface area contributed by atoms with E-state index >= 15 is 0 Å². The molecule has 0 aliphatic heterocycles. The summed E-state index contributed by atoms with van der Waals surface area (Å²) >= 11 is 0. The lowest BCUT2D eigenvalue weighted by atomic mass is 9.96. The van der Waals surface area contributed by atoms with Gasteiger partial charge in [-0.25, -0.2) is 9.97 Å². The third-order valence-electron chi connectivity index (χ3n) is 3.19. The van der Waals surface area contributed by atoms with E-state index in [1.807, 2.05) is 20.8 Å². The van der Waals surface area contributed by atoms with Crippen LogP contribution in [0.5, 0.6) is 0 Å². The summed E-state index contributed by atoms with van der Waals surface area (Å²) < 4.78 is 40.1. The zero-order chi connectivity index (χ0) is 18.0. The van der Waals surface area contributed by atoms with Crippen molar-refractivity contribution in [2.24, 2.45) is 0 Å². The maximum Gasteiger partial charge on any atom is 0.411 e. The molecule has 0 radical (unpaired) electrons. The zero-order valence-corrected chi connectivity index (χ0v) is 13.5. The van der Waals surface area contributed by atoms with Gasteiger partial charge in [-0.2, -0.15) is 18.3 Å². The molecule has 1 atom stereocenters. The monoisotopic (exact) mass is 341 g/mol. The number of carbonyl (C=O) groups excluding carboxylic acids is 1. The fourth-order valence-electron chi connectivity index (χ4n) is 1.98. The summed E-state index contributed by atoms with van der Waals surface area (Å²) in [4.78, 5) is 20.3. The molecular formula is C15H18F3N5O. The Morgan fingerprint density at radius 3 is 2.54 bits per heavy atom. The summed E-state index contributed by atoms with van der Waals surface area (Å²) in [6.45, 7) is 5.68. The number of nitrogens with zero attached hydrogens (tertiary/aromatic N) is 4. The van der Waals surface area contributed by atoms with E-state index in [-0.39, 0.29) is 11.2 Å². The minimum atomic E-state index is -4.59. The minimum absolute atomic E-state index is 0.168. The van der Waals surface area contributed by atoms with Gasteiger partial charge in [0.25, 0.3) is 0 Å². The predicted octanol–water partition coefficient (Wildman–Crippen LogP) is 3.10. The molecule has 2 aromatic rings. The molecule has 9 heteroatoms. The molecule has 0 aromatic carbocycles. The fourth-order valence-corrected chi connectivity index (χ4v) is 1.98. The molecule has 1 N–H and O–H groups in total. The molecule has 2 rings (SSSR count). The smallest absolute Gasteiger partial charge is 0.311 e. The molecule has 6 nitrogen and oxygen atoms in total. The van der Waals surface area contributed by atoms with Crippen molar-refractivity contribution in [2.45, 2.75) is 44.8 Å². The van der Waals surface area contributed by atoms with E-state index in [1.54, 1.807) is 0 Å². The third-order valence-corrected chi connectivity index (χ3v) is 3.19. The van der Waals surface area contributed by atoms with Gasteiger partial charge >= 0.3 is 6.18 Å². The number of hydrogen-bond acceptors (Lipinski definition) is 4. The van der Waals surface area contributed by atoms with E-state index in [9.17, 15) is 18.0 Å². The van der Waals surface area contributed by atoms with Gasteiger partial charge in [0, 0.05) is 24.0 Å². The molecule has 0 aliphatic rings. The van der Waals surface area contributed by atoms with E-state index in [0.29, 0.717) is 5.82 Å². The van der Waals surface area contributed by atoms with E-state index < -0.39 is 24.5 Å². The first kappa shape index (κ1) is 17.9. The second-order valence-electron chi connectivity index (χ2n) is 6.31. The van der Waals surface area contributed by atoms with Crippen molar-refractivity contribution in [1.82, 2.24) is 19.7 Å². The van der Waals surface area contributed by atoms with Crippen molar-refractivity contribution >= 4 is 11.7 Å². The van der Waals surface area contributed by atoms with Crippen molar-refractivity contribution in [3.05, 3.63) is 36.5 Å². The summed E-state index contributed by atoms with van der Waals surface area (Å²) in [5, 5.41) is 5.97. The van der Waals surface area contributed by atoms with Crippen molar-refractivity contribution in [1.29, 1.82) is 0 Å². The molecule has 130 valence electrons. The highest BCUT2D eigenvalue weighted by Crippen LogP contribution is 2.32. The van der Waals surface area contributed by atoms with Crippen molar-refractivity contribution in [2.75, 3.05) is 5.32 Å². The van der Waals surface area contributed by atoms with Gasteiger partial charge in [0.15, 0.2) is 6.04 Å². The van der Waals surface area contributed by atoms with Gasteiger partial charge in [0.05, 0.1) is 6.42 Å². The fraction of sp³-hybridized carbons (Fsp3) is 0.467. The number of aromatic nitrogens is 4. The number of rotatable bonds is 4. The average molecular weight is 341 g/mol. The first-order valence-corrected chi connectivity index (χ1v) is 7.26. The van der Waals surface area contributed by atoms with Gasteiger partial charge in [0.1, 0.15) is 11.6 Å². The first-order chi connectivity index (χ1) is 11.1. The quantitative estimate of drug-likeness (QED) is 0.927. The lowest BCUT2D eigenvalue weighted by Gasteiger charge is -2.20. The van der Waals surface area contributed by atoms with Crippen LogP contribution in [0.3, 0.4) is 0 Å². The maximum atomic E-state index is 13.1. The molecule has 2 aromatic heterocycles. The lowest BCUT2D eigenvalue weighted by Crippen LogP contribution is -2.31. The largest absolute Gasteiger partial charge is 0.411 e. The molecular weight excluding hydrogens is 323 g/mol. The minimum Gasteiger partial charge on any atom is -0.311 e. The SMILES string of the molecule is CC(C)(C)c1nccc(NC(=O)CC(n2cccn2)C(F)(F)F)n1. The van der Waals surface area contributed by atoms with Gasteiger partial charge in [0.2, 0.25) is 5.91 Å². The number of halogens is 3. The van der Waals surface area contributed by atoms with Gasteiger partial charge < -0.3 is 5.32 Å². The van der Waals surface area contributed by atoms with Crippen LogP contribution in [0.1, 0.15) is 39.1 Å². The van der Waals surface area contributed by atoms with Crippen LogP contribution in [0.15, 0.2) is 30.7 Å². The zero-order valence-electron chi connectivity index (χ0n) is 13.5. The van der Waals surface area contributed by atoms with Crippen LogP contribution in [0.25, 0.3) is 0 Å². The van der Waals surface area contributed by atoms with Crippen LogP contribution in [-0.4, -0.2) is 31.8 Å².